The molecule has 5 nitrogen and oxygen atoms in total. The van der Waals surface area contributed by atoms with Crippen molar-refractivity contribution in [2.75, 3.05) is 10.6 Å². The Morgan fingerprint density at radius 1 is 1.00 bits per heavy atom. The summed E-state index contributed by atoms with van der Waals surface area (Å²) in [7, 11) is 0. The van der Waals surface area contributed by atoms with Crippen molar-refractivity contribution in [1.29, 1.82) is 0 Å². The van der Waals surface area contributed by atoms with Gasteiger partial charge in [0.25, 0.3) is 0 Å². The zero-order chi connectivity index (χ0) is 15.2. The highest BCUT2D eigenvalue weighted by Gasteiger charge is 2.13. The van der Waals surface area contributed by atoms with E-state index in [9.17, 15) is 4.39 Å². The van der Waals surface area contributed by atoms with E-state index in [-0.39, 0.29) is 5.82 Å². The maximum Gasteiger partial charge on any atom is 0.244 e. The molecule has 0 spiro atoms. The largest absolute Gasteiger partial charge is 0.350 e. The molecule has 6 heteroatoms. The molecule has 0 amide bonds. The van der Waals surface area contributed by atoms with E-state index in [2.05, 4.69) is 25.8 Å². The van der Waals surface area contributed by atoms with Gasteiger partial charge in [-0.15, -0.1) is 5.10 Å². The van der Waals surface area contributed by atoms with Crippen LogP contribution in [0.25, 0.3) is 0 Å². The van der Waals surface area contributed by atoms with Crippen LogP contribution in [0.15, 0.2) is 30.5 Å². The Hall–Kier alpha value is -2.24. The molecular formula is C16H20FN5. The molecule has 1 fully saturated rings. The van der Waals surface area contributed by atoms with E-state index in [1.54, 1.807) is 18.3 Å². The Kier molecular flexibility index (Phi) is 4.78. The number of nitrogens with one attached hydrogen (secondary N) is 2. The summed E-state index contributed by atoms with van der Waals surface area (Å²) in [6.07, 6.45) is 8.98. The molecule has 2 N–H and O–H groups in total. The number of hydrogen-bond donors (Lipinski definition) is 2. The second-order valence-electron chi connectivity index (χ2n) is 5.63. The van der Waals surface area contributed by atoms with E-state index in [1.165, 1.54) is 37.8 Å². The maximum atomic E-state index is 12.9. The summed E-state index contributed by atoms with van der Waals surface area (Å²) in [6, 6.07) is 6.56. The van der Waals surface area contributed by atoms with Gasteiger partial charge < -0.3 is 10.6 Å². The fourth-order valence-electron chi connectivity index (χ4n) is 2.71. The number of benzene rings is 1. The van der Waals surface area contributed by atoms with Gasteiger partial charge in [-0.05, 0) is 37.1 Å². The molecule has 1 aliphatic carbocycles. The predicted molar refractivity (Wildman–Crippen MR) is 84.6 cm³/mol. The molecule has 2 aromatic rings. The first kappa shape index (κ1) is 14.7. The summed E-state index contributed by atoms with van der Waals surface area (Å²) in [6.45, 7) is 0. The highest BCUT2D eigenvalue weighted by Crippen LogP contribution is 2.20. The summed E-state index contributed by atoms with van der Waals surface area (Å²) < 4.78 is 12.9. The van der Waals surface area contributed by atoms with Gasteiger partial charge in [-0.3, -0.25) is 0 Å². The van der Waals surface area contributed by atoms with Crippen molar-refractivity contribution in [2.24, 2.45) is 0 Å². The number of rotatable bonds is 4. The molecule has 1 aromatic carbocycles. The van der Waals surface area contributed by atoms with Crippen LogP contribution in [-0.2, 0) is 0 Å². The normalized spacial score (nSPS) is 16.0. The van der Waals surface area contributed by atoms with Crippen LogP contribution < -0.4 is 10.6 Å². The molecule has 0 unspecified atom stereocenters. The van der Waals surface area contributed by atoms with E-state index in [1.807, 2.05) is 0 Å². The first-order valence-electron chi connectivity index (χ1n) is 7.78. The van der Waals surface area contributed by atoms with Crippen molar-refractivity contribution in [3.63, 3.8) is 0 Å². The van der Waals surface area contributed by atoms with Crippen LogP contribution in [0.1, 0.15) is 38.5 Å². The topological polar surface area (TPSA) is 62.7 Å². The molecule has 1 saturated carbocycles. The van der Waals surface area contributed by atoms with Gasteiger partial charge >= 0.3 is 0 Å². The minimum atomic E-state index is -0.262. The van der Waals surface area contributed by atoms with E-state index < -0.39 is 0 Å². The minimum Gasteiger partial charge on any atom is -0.350 e. The van der Waals surface area contributed by atoms with Gasteiger partial charge in [-0.1, -0.05) is 25.7 Å². The van der Waals surface area contributed by atoms with Crippen LogP contribution in [0, 0.1) is 5.82 Å². The molecule has 1 heterocycles. The van der Waals surface area contributed by atoms with E-state index in [0.29, 0.717) is 17.8 Å². The van der Waals surface area contributed by atoms with Gasteiger partial charge in [0.15, 0.2) is 5.82 Å². The minimum absolute atomic E-state index is 0.262. The third-order valence-corrected chi connectivity index (χ3v) is 3.86. The predicted octanol–water partition coefficient (Wildman–Crippen LogP) is 3.89. The number of halogens is 1. The first-order valence-corrected chi connectivity index (χ1v) is 7.78. The van der Waals surface area contributed by atoms with Crippen LogP contribution in [-0.4, -0.2) is 21.2 Å². The Morgan fingerprint density at radius 2 is 1.73 bits per heavy atom. The quantitative estimate of drug-likeness (QED) is 0.839. The van der Waals surface area contributed by atoms with Crippen LogP contribution >= 0.6 is 0 Å². The van der Waals surface area contributed by atoms with Crippen molar-refractivity contribution in [3.05, 3.63) is 36.3 Å². The summed E-state index contributed by atoms with van der Waals surface area (Å²) >= 11 is 0. The molecule has 0 atom stereocenters. The maximum absolute atomic E-state index is 12.9. The Labute approximate surface area is 129 Å². The van der Waals surface area contributed by atoms with E-state index >= 15 is 0 Å². The second kappa shape index (κ2) is 7.15. The van der Waals surface area contributed by atoms with Crippen molar-refractivity contribution >= 4 is 17.5 Å². The second-order valence-corrected chi connectivity index (χ2v) is 5.63. The van der Waals surface area contributed by atoms with Gasteiger partial charge in [0.05, 0.1) is 6.20 Å². The number of nitrogens with zero attached hydrogens (tertiary/aromatic N) is 3. The Bertz CT molecular complexity index is 594. The van der Waals surface area contributed by atoms with Crippen LogP contribution in [0.3, 0.4) is 0 Å². The number of aromatic nitrogens is 3. The average Bonchev–Trinajstić information content (AvgIpc) is 2.79. The first-order chi connectivity index (χ1) is 10.8. The summed E-state index contributed by atoms with van der Waals surface area (Å²) in [5.41, 5.74) is 0.766. The van der Waals surface area contributed by atoms with E-state index in [0.717, 1.165) is 18.5 Å². The molecule has 0 saturated heterocycles. The lowest BCUT2D eigenvalue weighted by Crippen LogP contribution is -2.20. The van der Waals surface area contributed by atoms with Gasteiger partial charge in [0.2, 0.25) is 5.95 Å². The molecule has 0 bridgehead atoms. The molecule has 0 aliphatic heterocycles. The van der Waals surface area contributed by atoms with Crippen molar-refractivity contribution in [3.8, 4) is 0 Å². The van der Waals surface area contributed by atoms with E-state index in [4.69, 9.17) is 0 Å². The third-order valence-electron chi connectivity index (χ3n) is 3.86. The highest BCUT2D eigenvalue weighted by molar-refractivity contribution is 5.55. The molecular weight excluding hydrogens is 281 g/mol. The Morgan fingerprint density at radius 3 is 2.45 bits per heavy atom. The highest BCUT2D eigenvalue weighted by atomic mass is 19.1. The van der Waals surface area contributed by atoms with Crippen molar-refractivity contribution in [1.82, 2.24) is 15.2 Å². The van der Waals surface area contributed by atoms with Crippen LogP contribution in [0.5, 0.6) is 0 Å². The molecule has 22 heavy (non-hydrogen) atoms. The average molecular weight is 301 g/mol. The fraction of sp³-hybridized carbons (Fsp3) is 0.438. The third kappa shape index (κ3) is 4.13. The summed E-state index contributed by atoms with van der Waals surface area (Å²) in [5.74, 6) is 0.874. The Balaban J connectivity index is 1.65. The van der Waals surface area contributed by atoms with Gasteiger partial charge in [-0.25, -0.2) is 4.39 Å². The van der Waals surface area contributed by atoms with Crippen LogP contribution in [0.4, 0.5) is 21.8 Å². The number of hydrogen-bond acceptors (Lipinski definition) is 5. The molecule has 116 valence electrons. The lowest BCUT2D eigenvalue weighted by atomic mass is 10.1. The zero-order valence-corrected chi connectivity index (χ0v) is 12.4. The van der Waals surface area contributed by atoms with Gasteiger partial charge in [-0.2, -0.15) is 10.1 Å². The van der Waals surface area contributed by atoms with Gasteiger partial charge in [0, 0.05) is 11.7 Å². The SMILES string of the molecule is Fc1ccc(Nc2cnnc(NC3CCCCCC3)n2)cc1. The molecule has 3 rings (SSSR count). The van der Waals surface area contributed by atoms with Gasteiger partial charge in [0.1, 0.15) is 5.82 Å². The molecule has 1 aromatic heterocycles. The van der Waals surface area contributed by atoms with Crippen molar-refractivity contribution in [2.45, 2.75) is 44.6 Å². The lowest BCUT2D eigenvalue weighted by molar-refractivity contribution is 0.613. The fourth-order valence-corrected chi connectivity index (χ4v) is 2.71. The summed E-state index contributed by atoms with van der Waals surface area (Å²) in [5, 5.41) is 14.5. The lowest BCUT2D eigenvalue weighted by Gasteiger charge is -2.16. The molecule has 0 radical (unpaired) electrons. The zero-order valence-electron chi connectivity index (χ0n) is 12.4. The number of anilines is 3. The monoisotopic (exact) mass is 301 g/mol. The summed E-state index contributed by atoms with van der Waals surface area (Å²) in [4.78, 5) is 4.43. The standard InChI is InChI=1S/C16H20FN5/c17-12-7-9-14(10-8-12)19-15-11-18-22-16(21-15)20-13-5-3-1-2-4-6-13/h7-11,13H,1-6H2,(H2,19,20,21,22). The van der Waals surface area contributed by atoms with Crippen molar-refractivity contribution < 1.29 is 4.39 Å². The molecule has 1 aliphatic rings. The smallest absolute Gasteiger partial charge is 0.244 e. The van der Waals surface area contributed by atoms with Crippen LogP contribution in [0.2, 0.25) is 0 Å².